The summed E-state index contributed by atoms with van der Waals surface area (Å²) >= 11 is 1.46. The van der Waals surface area contributed by atoms with Gasteiger partial charge in [-0.2, -0.15) is 4.72 Å². The molecule has 6 nitrogen and oxygen atoms in total. The molecule has 2 atom stereocenters. The number of fused-ring (bicyclic) bond motifs is 1. The van der Waals surface area contributed by atoms with E-state index in [1.54, 1.807) is 23.1 Å². The molecular formula is C19H27N3O3S2. The van der Waals surface area contributed by atoms with Crippen LogP contribution in [0.15, 0.2) is 23.1 Å². The zero-order valence-corrected chi connectivity index (χ0v) is 17.9. The molecule has 1 amide bonds. The van der Waals surface area contributed by atoms with Gasteiger partial charge in [-0.25, -0.2) is 13.4 Å². The largest absolute Gasteiger partial charge is 0.341 e. The Bertz CT molecular complexity index is 937. The second kappa shape index (κ2) is 7.85. The van der Waals surface area contributed by atoms with Gasteiger partial charge in [0.1, 0.15) is 6.04 Å². The zero-order chi connectivity index (χ0) is 19.8. The summed E-state index contributed by atoms with van der Waals surface area (Å²) in [6, 6.07) is 4.13. The van der Waals surface area contributed by atoms with Gasteiger partial charge in [-0.3, -0.25) is 4.79 Å². The summed E-state index contributed by atoms with van der Waals surface area (Å²) in [7, 11) is -3.80. The van der Waals surface area contributed by atoms with E-state index < -0.39 is 16.1 Å². The van der Waals surface area contributed by atoms with Crippen LogP contribution in [-0.4, -0.2) is 43.3 Å². The molecule has 8 heteroatoms. The van der Waals surface area contributed by atoms with Crippen molar-refractivity contribution in [1.29, 1.82) is 0 Å². The van der Waals surface area contributed by atoms with Gasteiger partial charge in [-0.15, -0.1) is 11.3 Å². The molecule has 1 aromatic heterocycles. The lowest BCUT2D eigenvalue weighted by Gasteiger charge is -2.34. The van der Waals surface area contributed by atoms with Crippen molar-refractivity contribution in [1.82, 2.24) is 14.6 Å². The van der Waals surface area contributed by atoms with Crippen molar-refractivity contribution in [2.24, 2.45) is 11.8 Å². The van der Waals surface area contributed by atoms with Crippen molar-refractivity contribution in [3.8, 4) is 0 Å². The maximum Gasteiger partial charge on any atom is 0.241 e. The molecule has 0 saturated carbocycles. The number of rotatable bonds is 5. The smallest absolute Gasteiger partial charge is 0.241 e. The van der Waals surface area contributed by atoms with E-state index in [1.165, 1.54) is 11.3 Å². The lowest BCUT2D eigenvalue weighted by molar-refractivity contribution is -0.135. The zero-order valence-electron chi connectivity index (χ0n) is 16.2. The minimum absolute atomic E-state index is 0.130. The molecule has 0 spiro atoms. The quantitative estimate of drug-likeness (QED) is 0.823. The van der Waals surface area contributed by atoms with E-state index in [0.29, 0.717) is 19.0 Å². The number of aryl methyl sites for hydroxylation is 1. The van der Waals surface area contributed by atoms with Crippen LogP contribution in [0.2, 0.25) is 0 Å². The number of hydrogen-bond acceptors (Lipinski definition) is 5. The van der Waals surface area contributed by atoms with Gasteiger partial charge in [0.25, 0.3) is 0 Å². The van der Waals surface area contributed by atoms with Crippen LogP contribution in [0.5, 0.6) is 0 Å². The second-order valence-electron chi connectivity index (χ2n) is 7.74. The van der Waals surface area contributed by atoms with Crippen molar-refractivity contribution in [2.75, 3.05) is 13.1 Å². The molecule has 0 aliphatic carbocycles. The van der Waals surface area contributed by atoms with Crippen molar-refractivity contribution in [3.05, 3.63) is 23.2 Å². The third-order valence-electron chi connectivity index (χ3n) is 4.96. The number of benzene rings is 1. The predicted octanol–water partition coefficient (Wildman–Crippen LogP) is 3.17. The molecule has 1 fully saturated rings. The van der Waals surface area contributed by atoms with E-state index in [1.807, 2.05) is 20.8 Å². The Morgan fingerprint density at radius 1 is 1.37 bits per heavy atom. The maximum atomic E-state index is 13.0. The molecule has 3 rings (SSSR count). The summed E-state index contributed by atoms with van der Waals surface area (Å²) in [5, 5.41) is 0.891. The molecule has 1 aromatic carbocycles. The Kier molecular flexibility index (Phi) is 5.88. The number of hydrogen-bond donors (Lipinski definition) is 1. The molecule has 2 aromatic rings. The van der Waals surface area contributed by atoms with Crippen molar-refractivity contribution in [2.45, 2.75) is 51.5 Å². The molecule has 27 heavy (non-hydrogen) atoms. The van der Waals surface area contributed by atoms with Crippen molar-refractivity contribution >= 4 is 37.5 Å². The highest BCUT2D eigenvalue weighted by Gasteiger charge is 2.33. The molecule has 1 aliphatic heterocycles. The normalized spacial score (nSPS) is 19.6. The van der Waals surface area contributed by atoms with E-state index in [2.05, 4.69) is 16.6 Å². The second-order valence-corrected chi connectivity index (χ2v) is 10.7. The highest BCUT2D eigenvalue weighted by molar-refractivity contribution is 7.89. The van der Waals surface area contributed by atoms with Crippen LogP contribution in [-0.2, 0) is 14.8 Å². The standard InChI is InChI=1S/C19H27N3O3S2/c1-12(2)18(19(23)22-9-5-6-13(3)11-22)21-27(24,25)15-7-8-16-17(10-15)26-14(4)20-16/h7-8,10,12-13,18,21H,5-6,9,11H2,1-4H3/t13-,18-/m1/s1. The SMILES string of the molecule is Cc1nc2ccc(S(=O)(=O)N[C@@H](C(=O)N3CCC[C@@H](C)C3)C(C)C)cc2s1. The Labute approximate surface area is 165 Å². The van der Waals surface area contributed by atoms with Gasteiger partial charge in [0, 0.05) is 13.1 Å². The van der Waals surface area contributed by atoms with Gasteiger partial charge in [-0.1, -0.05) is 20.8 Å². The highest BCUT2D eigenvalue weighted by atomic mass is 32.2. The first-order valence-electron chi connectivity index (χ1n) is 9.35. The summed E-state index contributed by atoms with van der Waals surface area (Å²) in [5.74, 6) is 0.179. The fourth-order valence-corrected chi connectivity index (χ4v) is 5.78. The average Bonchev–Trinajstić information content (AvgIpc) is 2.98. The number of aromatic nitrogens is 1. The number of carbonyl (C=O) groups excluding carboxylic acids is 1. The Morgan fingerprint density at radius 3 is 2.78 bits per heavy atom. The van der Waals surface area contributed by atoms with Crippen LogP contribution in [0.1, 0.15) is 38.6 Å². The molecule has 1 N–H and O–H groups in total. The molecule has 0 radical (unpaired) electrons. The number of amides is 1. The van der Waals surface area contributed by atoms with Gasteiger partial charge < -0.3 is 4.90 Å². The number of nitrogens with one attached hydrogen (secondary N) is 1. The third kappa shape index (κ3) is 4.50. The van der Waals surface area contributed by atoms with Gasteiger partial charge in [0.05, 0.1) is 20.1 Å². The highest BCUT2D eigenvalue weighted by Crippen LogP contribution is 2.25. The number of likely N-dealkylation sites (tertiary alicyclic amines) is 1. The van der Waals surface area contributed by atoms with E-state index in [9.17, 15) is 13.2 Å². The topological polar surface area (TPSA) is 79.4 Å². The Balaban J connectivity index is 1.84. The molecule has 2 heterocycles. The molecule has 0 unspecified atom stereocenters. The van der Waals surface area contributed by atoms with Gasteiger partial charge >= 0.3 is 0 Å². The van der Waals surface area contributed by atoms with Crippen LogP contribution in [0.25, 0.3) is 10.2 Å². The minimum atomic E-state index is -3.80. The van der Waals surface area contributed by atoms with E-state index >= 15 is 0 Å². The van der Waals surface area contributed by atoms with Crippen LogP contribution >= 0.6 is 11.3 Å². The van der Waals surface area contributed by atoms with E-state index in [-0.39, 0.29) is 16.7 Å². The summed E-state index contributed by atoms with van der Waals surface area (Å²) in [4.78, 5) is 19.3. The summed E-state index contributed by atoms with van der Waals surface area (Å²) < 4.78 is 29.4. The maximum absolute atomic E-state index is 13.0. The lowest BCUT2D eigenvalue weighted by Crippen LogP contribution is -2.53. The first-order chi connectivity index (χ1) is 12.7. The van der Waals surface area contributed by atoms with E-state index in [0.717, 1.165) is 28.1 Å². The van der Waals surface area contributed by atoms with Crippen molar-refractivity contribution in [3.63, 3.8) is 0 Å². The summed E-state index contributed by atoms with van der Waals surface area (Å²) in [6.45, 7) is 9.14. The fourth-order valence-electron chi connectivity index (χ4n) is 3.48. The molecule has 1 saturated heterocycles. The predicted molar refractivity (Wildman–Crippen MR) is 108 cm³/mol. The minimum Gasteiger partial charge on any atom is -0.341 e. The lowest BCUT2D eigenvalue weighted by atomic mass is 9.97. The number of thiazole rings is 1. The van der Waals surface area contributed by atoms with Crippen LogP contribution in [0.3, 0.4) is 0 Å². The summed E-state index contributed by atoms with van der Waals surface area (Å²) in [5.41, 5.74) is 0.787. The van der Waals surface area contributed by atoms with Crippen LogP contribution in [0.4, 0.5) is 0 Å². The van der Waals surface area contributed by atoms with Gasteiger partial charge in [0.15, 0.2) is 0 Å². The fraction of sp³-hybridized carbons (Fsp3) is 0.579. The van der Waals surface area contributed by atoms with Gasteiger partial charge in [0.2, 0.25) is 15.9 Å². The van der Waals surface area contributed by atoms with E-state index in [4.69, 9.17) is 0 Å². The number of nitrogens with zero attached hydrogens (tertiary/aromatic N) is 2. The average molecular weight is 410 g/mol. The molecule has 148 valence electrons. The third-order valence-corrected chi connectivity index (χ3v) is 7.33. The summed E-state index contributed by atoms with van der Waals surface area (Å²) in [6.07, 6.45) is 2.07. The van der Waals surface area contributed by atoms with Crippen LogP contribution < -0.4 is 4.72 Å². The monoisotopic (exact) mass is 409 g/mol. The number of piperidine rings is 1. The number of carbonyl (C=O) groups is 1. The number of sulfonamides is 1. The first kappa shape index (κ1) is 20.2. The molecule has 0 bridgehead atoms. The Morgan fingerprint density at radius 2 is 2.11 bits per heavy atom. The molecule has 1 aliphatic rings. The van der Waals surface area contributed by atoms with Crippen molar-refractivity contribution < 1.29 is 13.2 Å². The Hall–Kier alpha value is -1.51. The molecular weight excluding hydrogens is 382 g/mol. The first-order valence-corrected chi connectivity index (χ1v) is 11.7. The van der Waals surface area contributed by atoms with Crippen LogP contribution in [0, 0.1) is 18.8 Å². The van der Waals surface area contributed by atoms with Gasteiger partial charge in [-0.05, 0) is 49.8 Å².